The van der Waals surface area contributed by atoms with Gasteiger partial charge in [-0.15, -0.1) is 0 Å². The van der Waals surface area contributed by atoms with Crippen LogP contribution in [-0.2, 0) is 9.47 Å². The van der Waals surface area contributed by atoms with Crippen LogP contribution in [0.4, 0.5) is 4.79 Å². The fourth-order valence-corrected chi connectivity index (χ4v) is 2.30. The van der Waals surface area contributed by atoms with Gasteiger partial charge in [0.1, 0.15) is 5.60 Å². The molecule has 1 fully saturated rings. The number of carbonyl (C=O) groups is 1. The number of carbonyl (C=O) groups excluding carboxylic acids is 1. The number of hydrogen-bond donors (Lipinski definition) is 2. The maximum atomic E-state index is 11.7. The summed E-state index contributed by atoms with van der Waals surface area (Å²) >= 11 is 0. The Labute approximate surface area is 122 Å². The Morgan fingerprint density at radius 3 is 2.60 bits per heavy atom. The molecule has 1 heterocycles. The van der Waals surface area contributed by atoms with Crippen LogP contribution in [0.3, 0.4) is 0 Å². The van der Waals surface area contributed by atoms with Gasteiger partial charge in [0.25, 0.3) is 0 Å². The molecule has 1 aliphatic rings. The molecule has 0 saturated carbocycles. The van der Waals surface area contributed by atoms with Crippen LogP contribution in [-0.4, -0.2) is 43.5 Å². The van der Waals surface area contributed by atoms with Crippen molar-refractivity contribution in [1.82, 2.24) is 10.6 Å². The molecular formula is C15H30N2O3. The van der Waals surface area contributed by atoms with E-state index in [-0.39, 0.29) is 12.1 Å². The molecule has 1 saturated heterocycles. The summed E-state index contributed by atoms with van der Waals surface area (Å²) in [5.41, 5.74) is -0.454. The Morgan fingerprint density at radius 1 is 1.40 bits per heavy atom. The zero-order valence-corrected chi connectivity index (χ0v) is 13.5. The molecule has 20 heavy (non-hydrogen) atoms. The highest BCUT2D eigenvalue weighted by molar-refractivity contribution is 5.67. The van der Waals surface area contributed by atoms with Crippen LogP contribution in [0.1, 0.15) is 47.5 Å². The van der Waals surface area contributed by atoms with Crippen LogP contribution in [0.25, 0.3) is 0 Å². The van der Waals surface area contributed by atoms with E-state index in [0.717, 1.165) is 26.1 Å². The lowest BCUT2D eigenvalue weighted by Gasteiger charge is -2.25. The Hall–Kier alpha value is -0.810. The Kier molecular flexibility index (Phi) is 6.76. The van der Waals surface area contributed by atoms with Crippen molar-refractivity contribution in [2.75, 3.05) is 19.8 Å². The van der Waals surface area contributed by atoms with Gasteiger partial charge in [-0.2, -0.15) is 0 Å². The quantitative estimate of drug-likeness (QED) is 0.786. The molecule has 2 unspecified atom stereocenters. The van der Waals surface area contributed by atoms with E-state index in [1.807, 2.05) is 20.8 Å². The first-order valence-corrected chi connectivity index (χ1v) is 7.57. The average Bonchev–Trinajstić information content (AvgIpc) is 2.75. The number of rotatable bonds is 6. The third-order valence-electron chi connectivity index (χ3n) is 3.05. The summed E-state index contributed by atoms with van der Waals surface area (Å²) in [7, 11) is 0. The van der Waals surface area contributed by atoms with Crippen LogP contribution < -0.4 is 10.6 Å². The maximum absolute atomic E-state index is 11.7. The molecule has 0 aliphatic carbocycles. The smallest absolute Gasteiger partial charge is 0.407 e. The molecule has 5 nitrogen and oxygen atoms in total. The molecule has 2 atom stereocenters. The standard InChI is InChI=1S/C15H30N2O3/c1-11(2)8-13(17-12-6-7-19-10-12)9-16-14(18)20-15(3,4)5/h11-13,17H,6-10H2,1-5H3,(H,16,18). The molecule has 1 aliphatic heterocycles. The third-order valence-corrected chi connectivity index (χ3v) is 3.05. The zero-order valence-electron chi connectivity index (χ0n) is 13.5. The molecule has 5 heteroatoms. The second kappa shape index (κ2) is 7.84. The zero-order chi connectivity index (χ0) is 15.2. The topological polar surface area (TPSA) is 59.6 Å². The Bertz CT molecular complexity index is 294. The number of ether oxygens (including phenoxy) is 2. The van der Waals surface area contributed by atoms with Crippen LogP contribution in [0.2, 0.25) is 0 Å². The first-order chi connectivity index (χ1) is 9.26. The number of amides is 1. The highest BCUT2D eigenvalue weighted by Crippen LogP contribution is 2.10. The van der Waals surface area contributed by atoms with Crippen molar-refractivity contribution in [2.45, 2.75) is 65.1 Å². The lowest BCUT2D eigenvalue weighted by molar-refractivity contribution is 0.0519. The molecule has 1 amide bonds. The predicted molar refractivity (Wildman–Crippen MR) is 79.8 cm³/mol. The second-order valence-corrected chi connectivity index (χ2v) is 6.94. The van der Waals surface area contributed by atoms with Crippen molar-refractivity contribution < 1.29 is 14.3 Å². The maximum Gasteiger partial charge on any atom is 0.407 e. The van der Waals surface area contributed by atoms with Gasteiger partial charge in [-0.05, 0) is 39.5 Å². The molecule has 0 aromatic rings. The van der Waals surface area contributed by atoms with E-state index in [9.17, 15) is 4.79 Å². The minimum absolute atomic E-state index is 0.259. The summed E-state index contributed by atoms with van der Waals surface area (Å²) < 4.78 is 10.6. The van der Waals surface area contributed by atoms with Crippen molar-refractivity contribution in [3.05, 3.63) is 0 Å². The third kappa shape index (κ3) is 7.70. The van der Waals surface area contributed by atoms with Crippen molar-refractivity contribution in [2.24, 2.45) is 5.92 Å². The second-order valence-electron chi connectivity index (χ2n) is 6.94. The normalized spacial score (nSPS) is 21.0. The summed E-state index contributed by atoms with van der Waals surface area (Å²) in [5, 5.41) is 6.42. The van der Waals surface area contributed by atoms with Gasteiger partial charge < -0.3 is 20.1 Å². The predicted octanol–water partition coefficient (Wildman–Crippen LogP) is 2.30. The van der Waals surface area contributed by atoms with Crippen molar-refractivity contribution in [1.29, 1.82) is 0 Å². The van der Waals surface area contributed by atoms with Gasteiger partial charge in [0.05, 0.1) is 6.61 Å². The average molecular weight is 286 g/mol. The van der Waals surface area contributed by atoms with Gasteiger partial charge in [-0.3, -0.25) is 0 Å². The SMILES string of the molecule is CC(C)CC(CNC(=O)OC(C)(C)C)NC1CCOC1. The number of hydrogen-bond acceptors (Lipinski definition) is 4. The summed E-state index contributed by atoms with van der Waals surface area (Å²) in [4.78, 5) is 11.7. The molecular weight excluding hydrogens is 256 g/mol. The van der Waals surface area contributed by atoms with Gasteiger partial charge in [0.2, 0.25) is 0 Å². The molecule has 2 N–H and O–H groups in total. The van der Waals surface area contributed by atoms with Gasteiger partial charge >= 0.3 is 6.09 Å². The van der Waals surface area contributed by atoms with E-state index in [1.54, 1.807) is 0 Å². The summed E-state index contributed by atoms with van der Waals surface area (Å²) in [5.74, 6) is 0.579. The van der Waals surface area contributed by atoms with Gasteiger partial charge in [0.15, 0.2) is 0 Å². The van der Waals surface area contributed by atoms with Crippen molar-refractivity contribution >= 4 is 6.09 Å². The molecule has 0 radical (unpaired) electrons. The molecule has 118 valence electrons. The Morgan fingerprint density at radius 2 is 2.10 bits per heavy atom. The largest absolute Gasteiger partial charge is 0.444 e. The summed E-state index contributed by atoms with van der Waals surface area (Å²) in [6, 6.07) is 0.661. The highest BCUT2D eigenvalue weighted by atomic mass is 16.6. The summed E-state index contributed by atoms with van der Waals surface area (Å²) in [6.45, 7) is 12.2. The first kappa shape index (κ1) is 17.2. The van der Waals surface area contributed by atoms with E-state index < -0.39 is 5.60 Å². The molecule has 1 rings (SSSR count). The number of nitrogens with one attached hydrogen (secondary N) is 2. The van der Waals surface area contributed by atoms with Gasteiger partial charge in [0, 0.05) is 25.2 Å². The number of alkyl carbamates (subject to hydrolysis) is 1. The minimum Gasteiger partial charge on any atom is -0.444 e. The lowest BCUT2D eigenvalue weighted by Crippen LogP contribution is -2.47. The molecule has 0 spiro atoms. The Balaban J connectivity index is 2.37. The van der Waals surface area contributed by atoms with Gasteiger partial charge in [-0.25, -0.2) is 4.79 Å². The van der Waals surface area contributed by atoms with Crippen LogP contribution >= 0.6 is 0 Å². The van der Waals surface area contributed by atoms with Crippen molar-refractivity contribution in [3.63, 3.8) is 0 Å². The highest BCUT2D eigenvalue weighted by Gasteiger charge is 2.22. The summed E-state index contributed by atoms with van der Waals surface area (Å²) in [6.07, 6.45) is 1.71. The molecule has 0 bridgehead atoms. The van der Waals surface area contributed by atoms with Gasteiger partial charge in [-0.1, -0.05) is 13.8 Å². The fourth-order valence-electron chi connectivity index (χ4n) is 2.30. The van der Waals surface area contributed by atoms with E-state index >= 15 is 0 Å². The molecule has 0 aromatic carbocycles. The first-order valence-electron chi connectivity index (χ1n) is 7.57. The van der Waals surface area contributed by atoms with Crippen LogP contribution in [0.5, 0.6) is 0 Å². The lowest BCUT2D eigenvalue weighted by atomic mass is 10.0. The molecule has 0 aromatic heterocycles. The van der Waals surface area contributed by atoms with E-state index in [2.05, 4.69) is 24.5 Å². The van der Waals surface area contributed by atoms with E-state index in [1.165, 1.54) is 0 Å². The van der Waals surface area contributed by atoms with Crippen molar-refractivity contribution in [3.8, 4) is 0 Å². The van der Waals surface area contributed by atoms with E-state index in [4.69, 9.17) is 9.47 Å². The van der Waals surface area contributed by atoms with E-state index in [0.29, 0.717) is 18.5 Å². The van der Waals surface area contributed by atoms with Crippen LogP contribution in [0.15, 0.2) is 0 Å². The monoisotopic (exact) mass is 286 g/mol. The minimum atomic E-state index is -0.454. The fraction of sp³-hybridized carbons (Fsp3) is 0.933. The van der Waals surface area contributed by atoms with Crippen LogP contribution in [0, 0.1) is 5.92 Å².